The average molecular weight is 294 g/mol. The normalized spacial score (nSPS) is 18.6. The maximum atomic E-state index is 12.6. The van der Waals surface area contributed by atoms with Crippen LogP contribution in [0.2, 0.25) is 0 Å². The van der Waals surface area contributed by atoms with Crippen LogP contribution in [0.25, 0.3) is 0 Å². The van der Waals surface area contributed by atoms with Crippen molar-refractivity contribution in [2.24, 2.45) is 5.84 Å². The van der Waals surface area contributed by atoms with Gasteiger partial charge in [-0.25, -0.2) is 10.8 Å². The number of hydrazine groups is 1. The number of morpholine rings is 1. The predicted molar refractivity (Wildman–Crippen MR) is 78.8 cm³/mol. The molecular weight excluding hydrogens is 272 g/mol. The number of aliphatic hydroxyl groups excluding tert-OH is 1. The molecule has 1 unspecified atom stereocenters. The molecule has 2 heterocycles. The molecule has 2 rings (SSSR count). The number of aryl methyl sites for hydroxylation is 1. The standard InChI is InChI=1S/C14H22N4O3/c1-2-3-11-6-10(7-13(16-11)17-15)14(20)18-4-5-21-12(8-18)9-19/h6-7,12,19H,2-5,8-9,15H2,1H3,(H,16,17). The molecule has 0 saturated carbocycles. The highest BCUT2D eigenvalue weighted by Gasteiger charge is 2.25. The van der Waals surface area contributed by atoms with Gasteiger partial charge in [0.25, 0.3) is 5.91 Å². The fourth-order valence-corrected chi connectivity index (χ4v) is 2.37. The summed E-state index contributed by atoms with van der Waals surface area (Å²) in [4.78, 5) is 18.6. The highest BCUT2D eigenvalue weighted by molar-refractivity contribution is 5.95. The Morgan fingerprint density at radius 1 is 1.62 bits per heavy atom. The molecule has 0 bridgehead atoms. The minimum atomic E-state index is -0.313. The largest absolute Gasteiger partial charge is 0.394 e. The summed E-state index contributed by atoms with van der Waals surface area (Å²) in [6.07, 6.45) is 1.42. The number of amides is 1. The number of nitrogens with one attached hydrogen (secondary N) is 1. The van der Waals surface area contributed by atoms with Gasteiger partial charge < -0.3 is 20.2 Å². The number of carbonyl (C=O) groups excluding carboxylic acids is 1. The zero-order valence-corrected chi connectivity index (χ0v) is 12.2. The van der Waals surface area contributed by atoms with Gasteiger partial charge in [0.05, 0.1) is 19.3 Å². The lowest BCUT2D eigenvalue weighted by atomic mass is 10.1. The van der Waals surface area contributed by atoms with E-state index in [-0.39, 0.29) is 18.6 Å². The molecule has 4 N–H and O–H groups in total. The fourth-order valence-electron chi connectivity index (χ4n) is 2.37. The van der Waals surface area contributed by atoms with Gasteiger partial charge in [0.2, 0.25) is 0 Å². The first-order chi connectivity index (χ1) is 10.2. The first-order valence-electron chi connectivity index (χ1n) is 7.17. The molecule has 1 aliphatic rings. The van der Waals surface area contributed by atoms with E-state index >= 15 is 0 Å². The zero-order chi connectivity index (χ0) is 15.2. The number of nitrogens with zero attached hydrogens (tertiary/aromatic N) is 2. The molecule has 116 valence electrons. The van der Waals surface area contributed by atoms with Crippen LogP contribution >= 0.6 is 0 Å². The third-order valence-corrected chi connectivity index (χ3v) is 3.41. The number of aromatic nitrogens is 1. The molecular formula is C14H22N4O3. The Morgan fingerprint density at radius 2 is 2.43 bits per heavy atom. The fraction of sp³-hybridized carbons (Fsp3) is 0.571. The van der Waals surface area contributed by atoms with Gasteiger partial charge >= 0.3 is 0 Å². The van der Waals surface area contributed by atoms with Crippen LogP contribution in [0.5, 0.6) is 0 Å². The Hall–Kier alpha value is -1.70. The molecule has 1 fully saturated rings. The van der Waals surface area contributed by atoms with Gasteiger partial charge in [-0.05, 0) is 18.6 Å². The van der Waals surface area contributed by atoms with Crippen LogP contribution in [-0.4, -0.2) is 53.3 Å². The zero-order valence-electron chi connectivity index (χ0n) is 12.2. The molecule has 0 aliphatic carbocycles. The lowest BCUT2D eigenvalue weighted by Gasteiger charge is -2.32. The quantitative estimate of drug-likeness (QED) is 0.528. The molecule has 21 heavy (non-hydrogen) atoms. The molecule has 1 aromatic heterocycles. The lowest BCUT2D eigenvalue weighted by Crippen LogP contribution is -2.46. The first-order valence-corrected chi connectivity index (χ1v) is 7.17. The lowest BCUT2D eigenvalue weighted by molar-refractivity contribution is -0.0447. The Bertz CT molecular complexity index is 495. The van der Waals surface area contributed by atoms with E-state index in [0.29, 0.717) is 31.1 Å². The van der Waals surface area contributed by atoms with Crippen LogP contribution in [-0.2, 0) is 11.2 Å². The number of carbonyl (C=O) groups is 1. The van der Waals surface area contributed by atoms with Gasteiger partial charge in [-0.15, -0.1) is 0 Å². The van der Waals surface area contributed by atoms with Crippen molar-refractivity contribution >= 4 is 11.7 Å². The Labute approximate surface area is 124 Å². The Balaban J connectivity index is 2.19. The van der Waals surface area contributed by atoms with Crippen molar-refractivity contribution in [2.75, 3.05) is 31.7 Å². The first kappa shape index (κ1) is 15.7. The number of nitrogens with two attached hydrogens (primary N) is 1. The van der Waals surface area contributed by atoms with Crippen molar-refractivity contribution in [3.63, 3.8) is 0 Å². The molecule has 7 heteroatoms. The highest BCUT2D eigenvalue weighted by Crippen LogP contribution is 2.15. The average Bonchev–Trinajstić information content (AvgIpc) is 2.54. The summed E-state index contributed by atoms with van der Waals surface area (Å²) in [6.45, 7) is 3.32. The molecule has 1 aliphatic heterocycles. The number of pyridine rings is 1. The van der Waals surface area contributed by atoms with E-state index in [1.165, 1.54) is 0 Å². The van der Waals surface area contributed by atoms with Crippen molar-refractivity contribution < 1.29 is 14.6 Å². The molecule has 0 spiro atoms. The molecule has 7 nitrogen and oxygen atoms in total. The monoisotopic (exact) mass is 294 g/mol. The number of hydrogen-bond acceptors (Lipinski definition) is 6. The van der Waals surface area contributed by atoms with Crippen LogP contribution in [0.1, 0.15) is 29.4 Å². The molecule has 1 aromatic rings. The van der Waals surface area contributed by atoms with Crippen LogP contribution in [0.3, 0.4) is 0 Å². The number of ether oxygens (including phenoxy) is 1. The topological polar surface area (TPSA) is 101 Å². The number of aliphatic hydroxyl groups is 1. The minimum Gasteiger partial charge on any atom is -0.394 e. The smallest absolute Gasteiger partial charge is 0.254 e. The summed E-state index contributed by atoms with van der Waals surface area (Å²) < 4.78 is 5.36. The molecule has 1 atom stereocenters. The third-order valence-electron chi connectivity index (χ3n) is 3.41. The van der Waals surface area contributed by atoms with E-state index in [9.17, 15) is 4.79 Å². The van der Waals surface area contributed by atoms with Gasteiger partial charge in [-0.3, -0.25) is 4.79 Å². The predicted octanol–water partition coefficient (Wildman–Crippen LogP) is 0.153. The summed E-state index contributed by atoms with van der Waals surface area (Å²) in [5, 5.41) is 9.16. The second-order valence-electron chi connectivity index (χ2n) is 5.05. The van der Waals surface area contributed by atoms with Gasteiger partial charge in [0, 0.05) is 24.3 Å². The number of rotatable bonds is 5. The van der Waals surface area contributed by atoms with E-state index in [1.54, 1.807) is 17.0 Å². The minimum absolute atomic E-state index is 0.0865. The second-order valence-corrected chi connectivity index (χ2v) is 5.05. The summed E-state index contributed by atoms with van der Waals surface area (Å²) in [5.41, 5.74) is 3.89. The van der Waals surface area contributed by atoms with Gasteiger partial charge in [0.1, 0.15) is 5.82 Å². The van der Waals surface area contributed by atoms with Crippen molar-refractivity contribution in [3.05, 3.63) is 23.4 Å². The van der Waals surface area contributed by atoms with Crippen LogP contribution in [0.15, 0.2) is 12.1 Å². The Kier molecular flexibility index (Phi) is 5.49. The van der Waals surface area contributed by atoms with Crippen molar-refractivity contribution in [1.82, 2.24) is 9.88 Å². The number of hydrogen-bond donors (Lipinski definition) is 3. The summed E-state index contributed by atoms with van der Waals surface area (Å²) >= 11 is 0. The third kappa shape index (κ3) is 3.90. The van der Waals surface area contributed by atoms with Crippen molar-refractivity contribution in [3.8, 4) is 0 Å². The van der Waals surface area contributed by atoms with E-state index < -0.39 is 0 Å². The van der Waals surface area contributed by atoms with Gasteiger partial charge in [0.15, 0.2) is 0 Å². The summed E-state index contributed by atoms with van der Waals surface area (Å²) in [6, 6.07) is 3.45. The van der Waals surface area contributed by atoms with Crippen LogP contribution < -0.4 is 11.3 Å². The van der Waals surface area contributed by atoms with E-state index in [4.69, 9.17) is 15.7 Å². The summed E-state index contributed by atoms with van der Waals surface area (Å²) in [5.74, 6) is 5.81. The SMILES string of the molecule is CCCc1cc(C(=O)N2CCOC(CO)C2)cc(NN)n1. The maximum Gasteiger partial charge on any atom is 0.254 e. The van der Waals surface area contributed by atoms with E-state index in [2.05, 4.69) is 17.3 Å². The maximum absolute atomic E-state index is 12.6. The van der Waals surface area contributed by atoms with Gasteiger partial charge in [-0.2, -0.15) is 0 Å². The van der Waals surface area contributed by atoms with E-state index in [0.717, 1.165) is 18.5 Å². The van der Waals surface area contributed by atoms with E-state index in [1.807, 2.05) is 0 Å². The number of nitrogen functional groups attached to an aromatic ring is 1. The van der Waals surface area contributed by atoms with Crippen LogP contribution in [0, 0.1) is 0 Å². The van der Waals surface area contributed by atoms with Crippen LogP contribution in [0.4, 0.5) is 5.82 Å². The molecule has 0 aromatic carbocycles. The van der Waals surface area contributed by atoms with Crippen molar-refractivity contribution in [2.45, 2.75) is 25.9 Å². The van der Waals surface area contributed by atoms with Crippen molar-refractivity contribution in [1.29, 1.82) is 0 Å². The number of anilines is 1. The van der Waals surface area contributed by atoms with Gasteiger partial charge in [-0.1, -0.05) is 13.3 Å². The Morgan fingerprint density at radius 3 is 3.10 bits per heavy atom. The second kappa shape index (κ2) is 7.35. The molecule has 1 amide bonds. The highest BCUT2D eigenvalue weighted by atomic mass is 16.5. The summed E-state index contributed by atoms with van der Waals surface area (Å²) in [7, 11) is 0. The molecule has 0 radical (unpaired) electrons. The molecule has 1 saturated heterocycles.